The minimum absolute atomic E-state index is 0.151. The van der Waals surface area contributed by atoms with Crippen LogP contribution in [0.1, 0.15) is 33.4 Å². The van der Waals surface area contributed by atoms with Crippen molar-refractivity contribution in [1.82, 2.24) is 0 Å². The topological polar surface area (TPSA) is 35.2 Å². The fraction of sp³-hybridized carbons (Fsp3) is 0.500. The van der Waals surface area contributed by atoms with Crippen LogP contribution in [0.25, 0.3) is 6.08 Å². The zero-order valence-corrected chi connectivity index (χ0v) is 9.48. The molecule has 15 heavy (non-hydrogen) atoms. The summed E-state index contributed by atoms with van der Waals surface area (Å²) in [6.07, 6.45) is 8.14. The summed E-state index contributed by atoms with van der Waals surface area (Å²) in [4.78, 5) is 2.83. The van der Waals surface area contributed by atoms with Crippen LogP contribution in [0.15, 0.2) is 6.08 Å². The summed E-state index contributed by atoms with van der Waals surface area (Å²) in [5, 5.41) is 0. The Morgan fingerprint density at radius 2 is 2.33 bits per heavy atom. The van der Waals surface area contributed by atoms with Crippen LogP contribution in [0.4, 0.5) is 0 Å². The molecule has 2 nitrogen and oxygen atoms in total. The Labute approximate surface area is 93.7 Å². The Balaban J connectivity index is 2.10. The molecule has 2 N–H and O–H groups in total. The normalized spacial score (nSPS) is 23.7. The van der Waals surface area contributed by atoms with E-state index in [0.29, 0.717) is 6.54 Å². The number of hydrogen-bond acceptors (Lipinski definition) is 3. The highest BCUT2D eigenvalue weighted by molar-refractivity contribution is 7.13. The first kappa shape index (κ1) is 9.58. The van der Waals surface area contributed by atoms with E-state index in [9.17, 15) is 0 Å². The van der Waals surface area contributed by atoms with E-state index in [0.717, 1.165) is 13.0 Å². The second-order valence-corrected chi connectivity index (χ2v) is 5.16. The maximum absolute atomic E-state index is 5.74. The summed E-state index contributed by atoms with van der Waals surface area (Å²) in [6.45, 7) is 1.44. The molecule has 3 rings (SSSR count). The highest BCUT2D eigenvalue weighted by Gasteiger charge is 2.26. The van der Waals surface area contributed by atoms with E-state index in [-0.39, 0.29) is 6.10 Å². The van der Waals surface area contributed by atoms with Crippen LogP contribution < -0.4 is 5.73 Å². The molecule has 1 atom stereocenters. The average Bonchev–Trinajstić information content (AvgIpc) is 2.67. The van der Waals surface area contributed by atoms with E-state index in [1.165, 1.54) is 22.6 Å². The molecule has 1 aliphatic heterocycles. The molecule has 2 heterocycles. The molecule has 0 spiro atoms. The molecular formula is C12H15NOS. The zero-order chi connectivity index (χ0) is 10.3. The molecule has 0 radical (unpaired) electrons. The molecule has 2 aliphatic rings. The predicted molar refractivity (Wildman–Crippen MR) is 63.1 cm³/mol. The van der Waals surface area contributed by atoms with Crippen LogP contribution in [0.5, 0.6) is 0 Å². The molecule has 0 saturated carbocycles. The van der Waals surface area contributed by atoms with E-state index in [4.69, 9.17) is 10.5 Å². The number of hydrogen-bond donors (Lipinski definition) is 1. The second kappa shape index (κ2) is 3.74. The number of ether oxygens (including phenoxy) is 1. The first-order valence-electron chi connectivity index (χ1n) is 5.53. The van der Waals surface area contributed by atoms with Gasteiger partial charge in [0.1, 0.15) is 6.10 Å². The van der Waals surface area contributed by atoms with Gasteiger partial charge in [-0.15, -0.1) is 11.3 Å². The molecule has 1 aromatic heterocycles. The first-order chi connectivity index (χ1) is 7.40. The van der Waals surface area contributed by atoms with Crippen LogP contribution in [0.2, 0.25) is 0 Å². The molecule has 0 amide bonds. The molecule has 80 valence electrons. The highest BCUT2D eigenvalue weighted by Crippen LogP contribution is 2.40. The maximum Gasteiger partial charge on any atom is 0.104 e. The van der Waals surface area contributed by atoms with Crippen molar-refractivity contribution in [2.75, 3.05) is 13.2 Å². The van der Waals surface area contributed by atoms with Crippen LogP contribution in [-0.2, 0) is 17.6 Å². The van der Waals surface area contributed by atoms with E-state index in [1.54, 1.807) is 11.1 Å². The van der Waals surface area contributed by atoms with Gasteiger partial charge in [0.2, 0.25) is 0 Å². The Bertz CT molecular complexity index is 408. The lowest BCUT2D eigenvalue weighted by Gasteiger charge is -2.22. The smallest absolute Gasteiger partial charge is 0.104 e. The number of allylic oxidation sites excluding steroid dienone is 1. The minimum Gasteiger partial charge on any atom is -0.371 e. The average molecular weight is 221 g/mol. The summed E-state index contributed by atoms with van der Waals surface area (Å²) in [5.41, 5.74) is 8.85. The Kier molecular flexibility index (Phi) is 2.39. The van der Waals surface area contributed by atoms with Crippen molar-refractivity contribution in [1.29, 1.82) is 0 Å². The lowest BCUT2D eigenvalue weighted by Crippen LogP contribution is -2.21. The molecule has 3 heteroatoms. The largest absolute Gasteiger partial charge is 0.371 e. The molecule has 1 aromatic rings. The van der Waals surface area contributed by atoms with Gasteiger partial charge in [0.25, 0.3) is 0 Å². The van der Waals surface area contributed by atoms with Gasteiger partial charge >= 0.3 is 0 Å². The van der Waals surface area contributed by atoms with E-state index in [1.807, 2.05) is 11.3 Å². The van der Waals surface area contributed by atoms with Crippen molar-refractivity contribution in [3.05, 3.63) is 27.0 Å². The van der Waals surface area contributed by atoms with Gasteiger partial charge in [-0.3, -0.25) is 0 Å². The van der Waals surface area contributed by atoms with E-state index >= 15 is 0 Å². The fourth-order valence-electron chi connectivity index (χ4n) is 2.45. The third kappa shape index (κ3) is 1.46. The number of nitrogens with two attached hydrogens (primary N) is 1. The van der Waals surface area contributed by atoms with Crippen LogP contribution in [0, 0.1) is 0 Å². The predicted octanol–water partition coefficient (Wildman–Crippen LogP) is 2.28. The van der Waals surface area contributed by atoms with Crippen molar-refractivity contribution in [2.45, 2.75) is 25.4 Å². The Morgan fingerprint density at radius 3 is 3.20 bits per heavy atom. The van der Waals surface area contributed by atoms with Crippen molar-refractivity contribution in [3.8, 4) is 0 Å². The Morgan fingerprint density at radius 1 is 1.40 bits per heavy atom. The second-order valence-electron chi connectivity index (χ2n) is 4.07. The molecule has 0 saturated heterocycles. The summed E-state index contributed by atoms with van der Waals surface area (Å²) in [6, 6.07) is 0. The number of thiophene rings is 1. The third-order valence-electron chi connectivity index (χ3n) is 3.19. The maximum atomic E-state index is 5.74. The Hall–Kier alpha value is -0.640. The van der Waals surface area contributed by atoms with Crippen molar-refractivity contribution in [3.63, 3.8) is 0 Å². The standard InChI is InChI=1S/C12H15NOS/c13-7-10-12-9(5-6-14-10)8-3-1-2-4-11(8)15-12/h2,4,10H,1,3,5-7,13H2. The van der Waals surface area contributed by atoms with Crippen molar-refractivity contribution < 1.29 is 4.74 Å². The fourth-order valence-corrected chi connectivity index (χ4v) is 3.85. The summed E-state index contributed by atoms with van der Waals surface area (Å²) >= 11 is 1.88. The van der Waals surface area contributed by atoms with Gasteiger partial charge in [0, 0.05) is 16.3 Å². The minimum atomic E-state index is 0.151. The molecule has 0 fully saturated rings. The lowest BCUT2D eigenvalue weighted by atomic mass is 9.95. The van der Waals surface area contributed by atoms with Crippen molar-refractivity contribution in [2.24, 2.45) is 5.73 Å². The van der Waals surface area contributed by atoms with Gasteiger partial charge in [-0.1, -0.05) is 6.08 Å². The number of rotatable bonds is 1. The molecule has 0 bridgehead atoms. The van der Waals surface area contributed by atoms with Gasteiger partial charge in [-0.2, -0.15) is 0 Å². The molecule has 1 unspecified atom stereocenters. The number of fused-ring (bicyclic) bond motifs is 3. The zero-order valence-electron chi connectivity index (χ0n) is 8.66. The van der Waals surface area contributed by atoms with Crippen LogP contribution in [-0.4, -0.2) is 13.2 Å². The van der Waals surface area contributed by atoms with Crippen molar-refractivity contribution >= 4 is 17.4 Å². The lowest BCUT2D eigenvalue weighted by molar-refractivity contribution is 0.0513. The molecular weight excluding hydrogens is 206 g/mol. The highest BCUT2D eigenvalue weighted by atomic mass is 32.1. The van der Waals surface area contributed by atoms with Crippen LogP contribution >= 0.6 is 11.3 Å². The first-order valence-corrected chi connectivity index (χ1v) is 6.34. The summed E-state index contributed by atoms with van der Waals surface area (Å²) in [5.74, 6) is 0. The monoisotopic (exact) mass is 221 g/mol. The van der Waals surface area contributed by atoms with Gasteiger partial charge in [0.15, 0.2) is 0 Å². The molecule has 0 aromatic carbocycles. The quantitative estimate of drug-likeness (QED) is 0.789. The van der Waals surface area contributed by atoms with Gasteiger partial charge in [-0.05, 0) is 36.5 Å². The van der Waals surface area contributed by atoms with Gasteiger partial charge in [-0.25, -0.2) is 0 Å². The summed E-state index contributed by atoms with van der Waals surface area (Å²) in [7, 11) is 0. The SMILES string of the molecule is NCC1OCCc2c1sc1c2CCC=C1. The summed E-state index contributed by atoms with van der Waals surface area (Å²) < 4.78 is 5.69. The third-order valence-corrected chi connectivity index (χ3v) is 4.52. The molecule has 1 aliphatic carbocycles. The van der Waals surface area contributed by atoms with Gasteiger partial charge < -0.3 is 10.5 Å². The van der Waals surface area contributed by atoms with Crippen LogP contribution in [0.3, 0.4) is 0 Å². The van der Waals surface area contributed by atoms with Gasteiger partial charge in [0.05, 0.1) is 6.61 Å². The van der Waals surface area contributed by atoms with E-state index < -0.39 is 0 Å². The van der Waals surface area contributed by atoms with E-state index in [2.05, 4.69) is 12.2 Å².